The molecule has 6 heteroatoms. The van der Waals surface area contributed by atoms with Crippen molar-refractivity contribution in [3.63, 3.8) is 0 Å². The maximum atomic E-state index is 5.01. The lowest BCUT2D eigenvalue weighted by Gasteiger charge is -2.28. The lowest BCUT2D eigenvalue weighted by molar-refractivity contribution is 0.492. The van der Waals surface area contributed by atoms with Gasteiger partial charge in [0.15, 0.2) is 0 Å². The van der Waals surface area contributed by atoms with Crippen molar-refractivity contribution in [2.45, 2.75) is 0 Å². The molecule has 0 aliphatic carbocycles. The van der Waals surface area contributed by atoms with Crippen LogP contribution in [0.3, 0.4) is 0 Å². The molecule has 5 rings (SSSR count). The molecule has 2 aliphatic rings. The van der Waals surface area contributed by atoms with Crippen molar-refractivity contribution >= 4 is 28.7 Å². The van der Waals surface area contributed by atoms with E-state index in [1.165, 1.54) is 0 Å². The minimum Gasteiger partial charge on any atom is -0.361 e. The highest BCUT2D eigenvalue weighted by molar-refractivity contribution is 5.80. The average molecular weight is 411 g/mol. The molecule has 0 radical (unpaired) electrons. The SMILES string of the molecule is CN1C=CN(c2cc(N(c3ccccc3)c3ccccc3)cc(N3C=CN(C)C3)n2)C1. The van der Waals surface area contributed by atoms with Gasteiger partial charge in [0, 0.05) is 62.4 Å². The zero-order valence-electron chi connectivity index (χ0n) is 17.8. The van der Waals surface area contributed by atoms with Crippen LogP contribution in [0, 0.1) is 0 Å². The van der Waals surface area contributed by atoms with Gasteiger partial charge in [-0.05, 0) is 24.3 Å². The van der Waals surface area contributed by atoms with Crippen LogP contribution in [0.5, 0.6) is 0 Å². The largest absolute Gasteiger partial charge is 0.361 e. The second kappa shape index (κ2) is 8.07. The normalized spacial score (nSPS) is 15.3. The number of benzene rings is 2. The zero-order chi connectivity index (χ0) is 21.2. The minimum atomic E-state index is 0.780. The van der Waals surface area contributed by atoms with E-state index in [0.717, 1.165) is 42.0 Å². The van der Waals surface area contributed by atoms with E-state index in [-0.39, 0.29) is 0 Å². The molecule has 1 aromatic heterocycles. The topological polar surface area (TPSA) is 29.1 Å². The first-order valence-electron chi connectivity index (χ1n) is 10.4. The van der Waals surface area contributed by atoms with Gasteiger partial charge < -0.3 is 24.5 Å². The molecule has 31 heavy (non-hydrogen) atoms. The van der Waals surface area contributed by atoms with Crippen LogP contribution >= 0.6 is 0 Å². The van der Waals surface area contributed by atoms with Crippen molar-refractivity contribution in [1.82, 2.24) is 14.8 Å². The number of aromatic nitrogens is 1. The van der Waals surface area contributed by atoms with Crippen LogP contribution in [0.4, 0.5) is 28.7 Å². The van der Waals surface area contributed by atoms with E-state index in [2.05, 4.69) is 124 Å². The van der Waals surface area contributed by atoms with E-state index in [4.69, 9.17) is 4.98 Å². The fourth-order valence-corrected chi connectivity index (χ4v) is 3.87. The Hall–Kier alpha value is -3.93. The number of para-hydroxylation sites is 2. The van der Waals surface area contributed by atoms with Crippen LogP contribution in [0.25, 0.3) is 0 Å². The third-order valence-electron chi connectivity index (χ3n) is 5.41. The van der Waals surface area contributed by atoms with Crippen LogP contribution in [0.15, 0.2) is 97.6 Å². The van der Waals surface area contributed by atoms with E-state index in [9.17, 15) is 0 Å². The van der Waals surface area contributed by atoms with Gasteiger partial charge in [0.05, 0.1) is 19.0 Å². The molecule has 2 aromatic carbocycles. The Morgan fingerprint density at radius 2 is 1.06 bits per heavy atom. The maximum Gasteiger partial charge on any atom is 0.138 e. The third kappa shape index (κ3) is 3.92. The monoisotopic (exact) mass is 410 g/mol. The fourth-order valence-electron chi connectivity index (χ4n) is 3.87. The summed E-state index contributed by atoms with van der Waals surface area (Å²) >= 11 is 0. The predicted octanol–water partition coefficient (Wildman–Crippen LogP) is 4.91. The zero-order valence-corrected chi connectivity index (χ0v) is 17.8. The first-order valence-corrected chi connectivity index (χ1v) is 10.4. The second-order valence-electron chi connectivity index (χ2n) is 7.88. The summed E-state index contributed by atoms with van der Waals surface area (Å²) < 4.78 is 0. The molecule has 0 bridgehead atoms. The average Bonchev–Trinajstić information content (AvgIpc) is 3.44. The highest BCUT2D eigenvalue weighted by Gasteiger charge is 2.21. The standard InChI is InChI=1S/C25H26N6/c1-27-13-15-29(19-27)24-17-23(18-25(26-24)30-16-14-28(2)20-30)31(21-9-5-3-6-10-21)22-11-7-4-8-12-22/h3-18H,19-20H2,1-2H3. The van der Waals surface area contributed by atoms with Crippen LogP contribution in [0.2, 0.25) is 0 Å². The quantitative estimate of drug-likeness (QED) is 0.594. The van der Waals surface area contributed by atoms with E-state index < -0.39 is 0 Å². The van der Waals surface area contributed by atoms with E-state index in [1.807, 2.05) is 12.1 Å². The van der Waals surface area contributed by atoms with Crippen molar-refractivity contribution in [3.05, 3.63) is 97.6 Å². The summed E-state index contributed by atoms with van der Waals surface area (Å²) in [4.78, 5) is 15.9. The summed E-state index contributed by atoms with van der Waals surface area (Å²) in [6.07, 6.45) is 8.31. The fraction of sp³-hybridized carbons (Fsp3) is 0.160. The highest BCUT2D eigenvalue weighted by Crippen LogP contribution is 2.38. The summed E-state index contributed by atoms with van der Waals surface area (Å²) in [7, 11) is 4.14. The number of anilines is 5. The lowest BCUT2D eigenvalue weighted by Crippen LogP contribution is -2.26. The van der Waals surface area contributed by atoms with Gasteiger partial charge in [0.1, 0.15) is 11.6 Å². The minimum absolute atomic E-state index is 0.780. The first-order chi connectivity index (χ1) is 15.2. The molecule has 6 nitrogen and oxygen atoms in total. The van der Waals surface area contributed by atoms with Gasteiger partial charge in [-0.2, -0.15) is 0 Å². The van der Waals surface area contributed by atoms with Gasteiger partial charge in [0.25, 0.3) is 0 Å². The Kier molecular flexibility index (Phi) is 4.96. The summed E-state index contributed by atoms with van der Waals surface area (Å²) in [5.74, 6) is 1.85. The second-order valence-corrected chi connectivity index (χ2v) is 7.88. The molecular weight excluding hydrogens is 384 g/mol. The molecule has 0 saturated heterocycles. The van der Waals surface area contributed by atoms with Crippen LogP contribution in [0.1, 0.15) is 0 Å². The van der Waals surface area contributed by atoms with Crippen molar-refractivity contribution in [1.29, 1.82) is 0 Å². The van der Waals surface area contributed by atoms with Crippen molar-refractivity contribution < 1.29 is 0 Å². The predicted molar refractivity (Wildman–Crippen MR) is 127 cm³/mol. The Bertz CT molecular complexity index is 1010. The number of pyridine rings is 1. The number of hydrogen-bond acceptors (Lipinski definition) is 6. The van der Waals surface area contributed by atoms with E-state index >= 15 is 0 Å². The number of nitrogens with zero attached hydrogens (tertiary/aromatic N) is 6. The van der Waals surface area contributed by atoms with Crippen molar-refractivity contribution in [3.8, 4) is 0 Å². The Morgan fingerprint density at radius 1 is 0.613 bits per heavy atom. The molecule has 0 spiro atoms. The molecule has 0 unspecified atom stereocenters. The summed E-state index contributed by atoms with van der Waals surface area (Å²) in [6.45, 7) is 1.56. The van der Waals surface area contributed by atoms with Gasteiger partial charge >= 0.3 is 0 Å². The number of hydrogen-bond donors (Lipinski definition) is 0. The van der Waals surface area contributed by atoms with Gasteiger partial charge in [-0.15, -0.1) is 0 Å². The molecule has 0 atom stereocenters. The third-order valence-corrected chi connectivity index (χ3v) is 5.41. The highest BCUT2D eigenvalue weighted by atomic mass is 15.4. The van der Waals surface area contributed by atoms with E-state index in [1.54, 1.807) is 0 Å². The molecule has 0 fully saturated rings. The van der Waals surface area contributed by atoms with E-state index in [0.29, 0.717) is 0 Å². The molecule has 3 heterocycles. The first kappa shape index (κ1) is 19.1. The Morgan fingerprint density at radius 3 is 1.45 bits per heavy atom. The van der Waals surface area contributed by atoms with Crippen LogP contribution < -0.4 is 14.7 Å². The molecular formula is C25H26N6. The van der Waals surface area contributed by atoms with Crippen LogP contribution in [-0.2, 0) is 0 Å². The van der Waals surface area contributed by atoms with Crippen LogP contribution in [-0.4, -0.2) is 42.2 Å². The summed E-state index contributed by atoms with van der Waals surface area (Å²) in [5, 5.41) is 0. The van der Waals surface area contributed by atoms with Gasteiger partial charge in [-0.25, -0.2) is 4.98 Å². The van der Waals surface area contributed by atoms with Crippen molar-refractivity contribution in [2.75, 3.05) is 42.1 Å². The smallest absolute Gasteiger partial charge is 0.138 e. The molecule has 3 aromatic rings. The Labute approximate surface area is 183 Å². The van der Waals surface area contributed by atoms with Crippen molar-refractivity contribution in [2.24, 2.45) is 0 Å². The molecule has 156 valence electrons. The van der Waals surface area contributed by atoms with Gasteiger partial charge in [0.2, 0.25) is 0 Å². The summed E-state index contributed by atoms with van der Waals surface area (Å²) in [5.41, 5.74) is 3.29. The summed E-state index contributed by atoms with van der Waals surface area (Å²) in [6, 6.07) is 25.3. The molecule has 0 saturated carbocycles. The maximum absolute atomic E-state index is 5.01. The van der Waals surface area contributed by atoms with Gasteiger partial charge in [-0.3, -0.25) is 0 Å². The van der Waals surface area contributed by atoms with Gasteiger partial charge in [-0.1, -0.05) is 36.4 Å². The Balaban J connectivity index is 1.65. The molecule has 2 aliphatic heterocycles. The number of rotatable bonds is 5. The lowest BCUT2D eigenvalue weighted by atomic mass is 10.2. The molecule has 0 N–H and O–H groups in total. The molecule has 0 amide bonds.